The summed E-state index contributed by atoms with van der Waals surface area (Å²) in [7, 11) is 0. The molecule has 96 valence electrons. The Bertz CT molecular complexity index is 648. The Balaban J connectivity index is 2.30. The Hall–Kier alpha value is -2.62. The van der Waals surface area contributed by atoms with E-state index in [1.807, 2.05) is 6.92 Å². The lowest BCUT2D eigenvalue weighted by Crippen LogP contribution is -1.94. The number of aryl methyl sites for hydroxylation is 1. The summed E-state index contributed by atoms with van der Waals surface area (Å²) in [5.41, 5.74) is 2.32. The zero-order chi connectivity index (χ0) is 13.8. The van der Waals surface area contributed by atoms with Gasteiger partial charge in [0.2, 0.25) is 0 Å². The van der Waals surface area contributed by atoms with Crippen molar-refractivity contribution in [3.8, 4) is 5.75 Å². The third-order valence-corrected chi connectivity index (χ3v) is 2.63. The molecule has 0 aliphatic heterocycles. The van der Waals surface area contributed by atoms with Crippen molar-refractivity contribution in [3.05, 3.63) is 59.2 Å². The number of rotatable bonds is 3. The predicted molar refractivity (Wildman–Crippen MR) is 73.5 cm³/mol. The first-order valence-electron chi connectivity index (χ1n) is 5.73. The van der Waals surface area contributed by atoms with Crippen molar-refractivity contribution >= 4 is 17.9 Å². The number of hydrogen-bond acceptors (Lipinski definition) is 3. The van der Waals surface area contributed by atoms with Crippen LogP contribution < -0.4 is 0 Å². The SMILES string of the molecule is Cc1ccc(O)c(/C=N/c2cccc(C(=O)O)c2)c1. The minimum Gasteiger partial charge on any atom is -0.507 e. The molecule has 0 aromatic heterocycles. The number of benzene rings is 2. The summed E-state index contributed by atoms with van der Waals surface area (Å²) < 4.78 is 0. The second kappa shape index (κ2) is 5.35. The number of carbonyl (C=O) groups is 1. The number of phenolic OH excluding ortho intramolecular Hbond substituents is 1. The lowest BCUT2D eigenvalue weighted by molar-refractivity contribution is 0.0697. The van der Waals surface area contributed by atoms with Crippen molar-refractivity contribution in [2.45, 2.75) is 6.92 Å². The van der Waals surface area contributed by atoms with Crippen molar-refractivity contribution in [1.82, 2.24) is 0 Å². The van der Waals surface area contributed by atoms with Crippen LogP contribution in [0.1, 0.15) is 21.5 Å². The van der Waals surface area contributed by atoms with Crippen LogP contribution in [0.25, 0.3) is 0 Å². The Kier molecular flexibility index (Phi) is 3.61. The average molecular weight is 255 g/mol. The highest BCUT2D eigenvalue weighted by atomic mass is 16.4. The lowest BCUT2D eigenvalue weighted by atomic mass is 10.1. The lowest BCUT2D eigenvalue weighted by Gasteiger charge is -2.00. The average Bonchev–Trinajstić information content (AvgIpc) is 2.40. The van der Waals surface area contributed by atoms with Gasteiger partial charge in [0.05, 0.1) is 11.3 Å². The summed E-state index contributed by atoms with van der Waals surface area (Å²) in [5.74, 6) is -0.848. The van der Waals surface area contributed by atoms with Crippen LogP contribution in [0.3, 0.4) is 0 Å². The van der Waals surface area contributed by atoms with E-state index in [-0.39, 0.29) is 11.3 Å². The number of nitrogens with zero attached hydrogens (tertiary/aromatic N) is 1. The van der Waals surface area contributed by atoms with Gasteiger partial charge < -0.3 is 10.2 Å². The minimum atomic E-state index is -0.990. The van der Waals surface area contributed by atoms with Gasteiger partial charge in [-0.1, -0.05) is 17.7 Å². The first kappa shape index (κ1) is 12.8. The van der Waals surface area contributed by atoms with Gasteiger partial charge in [0.25, 0.3) is 0 Å². The minimum absolute atomic E-state index is 0.142. The van der Waals surface area contributed by atoms with Gasteiger partial charge in [-0.25, -0.2) is 4.79 Å². The molecule has 0 unspecified atom stereocenters. The third-order valence-electron chi connectivity index (χ3n) is 2.63. The molecule has 0 amide bonds. The second-order valence-corrected chi connectivity index (χ2v) is 4.18. The van der Waals surface area contributed by atoms with E-state index in [9.17, 15) is 9.90 Å². The first-order valence-corrected chi connectivity index (χ1v) is 5.73. The van der Waals surface area contributed by atoms with E-state index >= 15 is 0 Å². The first-order chi connectivity index (χ1) is 9.06. The summed E-state index contributed by atoms with van der Waals surface area (Å²) in [6.45, 7) is 1.92. The van der Waals surface area contributed by atoms with Gasteiger partial charge in [0.1, 0.15) is 5.75 Å². The van der Waals surface area contributed by atoms with Crippen LogP contribution in [0.15, 0.2) is 47.5 Å². The fourth-order valence-corrected chi connectivity index (χ4v) is 1.64. The number of aromatic carboxylic acids is 1. The molecule has 19 heavy (non-hydrogen) atoms. The molecule has 0 aliphatic carbocycles. The quantitative estimate of drug-likeness (QED) is 0.828. The van der Waals surface area contributed by atoms with Crippen LogP contribution in [0.5, 0.6) is 5.75 Å². The van der Waals surface area contributed by atoms with Gasteiger partial charge in [-0.2, -0.15) is 0 Å². The highest BCUT2D eigenvalue weighted by Crippen LogP contribution is 2.19. The second-order valence-electron chi connectivity index (χ2n) is 4.18. The Labute approximate surface area is 110 Å². The summed E-state index contributed by atoms with van der Waals surface area (Å²) >= 11 is 0. The van der Waals surface area contributed by atoms with Crippen molar-refractivity contribution in [3.63, 3.8) is 0 Å². The fraction of sp³-hybridized carbons (Fsp3) is 0.0667. The Morgan fingerprint density at radius 1 is 1.21 bits per heavy atom. The standard InChI is InChI=1S/C15H13NO3/c1-10-5-6-14(17)12(7-10)9-16-13-4-2-3-11(8-13)15(18)19/h2-9,17H,1H3,(H,18,19)/b16-9+. The van der Waals surface area contributed by atoms with E-state index < -0.39 is 5.97 Å². The maximum absolute atomic E-state index is 10.8. The number of aliphatic imine (C=N–C) groups is 1. The zero-order valence-corrected chi connectivity index (χ0v) is 10.4. The molecule has 0 radical (unpaired) electrons. The summed E-state index contributed by atoms with van der Waals surface area (Å²) in [6, 6.07) is 11.5. The van der Waals surface area contributed by atoms with E-state index in [1.54, 1.807) is 30.3 Å². The molecule has 0 spiro atoms. The van der Waals surface area contributed by atoms with Crippen LogP contribution in [0.4, 0.5) is 5.69 Å². The van der Waals surface area contributed by atoms with E-state index in [4.69, 9.17) is 5.11 Å². The summed E-state index contributed by atoms with van der Waals surface area (Å²) in [5, 5.41) is 18.6. The highest BCUT2D eigenvalue weighted by Gasteiger charge is 2.02. The fourth-order valence-electron chi connectivity index (χ4n) is 1.64. The normalized spacial score (nSPS) is 10.8. The number of phenols is 1. The van der Waals surface area contributed by atoms with Crippen molar-refractivity contribution in [1.29, 1.82) is 0 Å². The van der Waals surface area contributed by atoms with Crippen LogP contribution in [-0.2, 0) is 0 Å². The number of aromatic hydroxyl groups is 1. The molecule has 0 fully saturated rings. The molecule has 0 saturated carbocycles. The third kappa shape index (κ3) is 3.19. The van der Waals surface area contributed by atoms with E-state index in [0.717, 1.165) is 5.56 Å². The van der Waals surface area contributed by atoms with Crippen LogP contribution >= 0.6 is 0 Å². The van der Waals surface area contributed by atoms with E-state index in [1.165, 1.54) is 18.3 Å². The van der Waals surface area contributed by atoms with Gasteiger partial charge in [-0.15, -0.1) is 0 Å². The number of hydrogen-bond donors (Lipinski definition) is 2. The van der Waals surface area contributed by atoms with Crippen LogP contribution in [-0.4, -0.2) is 22.4 Å². The molecule has 2 aromatic rings. The topological polar surface area (TPSA) is 69.9 Å². The van der Waals surface area contributed by atoms with Crippen molar-refractivity contribution < 1.29 is 15.0 Å². The monoisotopic (exact) mass is 255 g/mol. The summed E-state index contributed by atoms with van der Waals surface area (Å²) in [6.07, 6.45) is 1.52. The summed E-state index contributed by atoms with van der Waals surface area (Å²) in [4.78, 5) is 15.0. The molecule has 2 N–H and O–H groups in total. The molecular formula is C15H13NO3. The molecule has 2 rings (SSSR count). The van der Waals surface area contributed by atoms with Crippen LogP contribution in [0.2, 0.25) is 0 Å². The molecular weight excluding hydrogens is 242 g/mol. The molecule has 4 nitrogen and oxygen atoms in total. The van der Waals surface area contributed by atoms with Gasteiger partial charge in [-0.3, -0.25) is 4.99 Å². The molecule has 0 atom stereocenters. The number of carboxylic acid groups (broad SMARTS) is 1. The van der Waals surface area contributed by atoms with Gasteiger partial charge in [0.15, 0.2) is 0 Å². The Morgan fingerprint density at radius 3 is 2.74 bits per heavy atom. The smallest absolute Gasteiger partial charge is 0.335 e. The largest absolute Gasteiger partial charge is 0.507 e. The van der Waals surface area contributed by atoms with Crippen molar-refractivity contribution in [2.24, 2.45) is 4.99 Å². The molecule has 0 heterocycles. The molecule has 0 saturated heterocycles. The highest BCUT2D eigenvalue weighted by molar-refractivity contribution is 5.90. The van der Waals surface area contributed by atoms with Gasteiger partial charge in [-0.05, 0) is 37.3 Å². The van der Waals surface area contributed by atoms with Crippen molar-refractivity contribution in [2.75, 3.05) is 0 Å². The van der Waals surface area contributed by atoms with E-state index in [0.29, 0.717) is 11.3 Å². The molecule has 2 aromatic carbocycles. The van der Waals surface area contributed by atoms with Crippen LogP contribution in [0, 0.1) is 6.92 Å². The zero-order valence-electron chi connectivity index (χ0n) is 10.4. The molecule has 0 aliphatic rings. The maximum Gasteiger partial charge on any atom is 0.335 e. The van der Waals surface area contributed by atoms with Gasteiger partial charge >= 0.3 is 5.97 Å². The molecule has 0 bridgehead atoms. The maximum atomic E-state index is 10.8. The number of carboxylic acids is 1. The van der Waals surface area contributed by atoms with Gasteiger partial charge in [0, 0.05) is 11.8 Å². The van der Waals surface area contributed by atoms with E-state index in [2.05, 4.69) is 4.99 Å². The predicted octanol–water partition coefficient (Wildman–Crippen LogP) is 3.15. The Morgan fingerprint density at radius 2 is 2.00 bits per heavy atom. The molecule has 4 heteroatoms.